The molecular weight excluding hydrogens is 367 g/mol. The van der Waals surface area contributed by atoms with E-state index in [9.17, 15) is 4.79 Å². The molecule has 2 heterocycles. The van der Waals surface area contributed by atoms with Crippen LogP contribution in [0.5, 0.6) is 0 Å². The topological polar surface area (TPSA) is 42.4 Å². The molecule has 0 fully saturated rings. The van der Waals surface area contributed by atoms with Gasteiger partial charge in [0.1, 0.15) is 11.4 Å². The first kappa shape index (κ1) is 15.5. The summed E-state index contributed by atoms with van der Waals surface area (Å²) in [4.78, 5) is 18.6. The number of carbonyl (C=O) groups excluding carboxylic acids is 1. The molecule has 1 aromatic rings. The van der Waals surface area contributed by atoms with Crippen molar-refractivity contribution in [2.24, 2.45) is 5.92 Å². The van der Waals surface area contributed by atoms with Gasteiger partial charge in [-0.1, -0.05) is 13.8 Å². The van der Waals surface area contributed by atoms with E-state index >= 15 is 0 Å². The van der Waals surface area contributed by atoms with E-state index in [-0.39, 0.29) is 12.1 Å². The zero-order valence-corrected chi connectivity index (χ0v) is 14.8. The van der Waals surface area contributed by atoms with Crippen LogP contribution in [0.25, 0.3) is 0 Å². The van der Waals surface area contributed by atoms with E-state index in [1.807, 2.05) is 26.8 Å². The molecule has 5 heteroatoms. The molecular formula is C15H21IN2O2. The molecule has 2 rings (SSSR count). The van der Waals surface area contributed by atoms with Gasteiger partial charge < -0.3 is 4.74 Å². The summed E-state index contributed by atoms with van der Waals surface area (Å²) in [6.07, 6.45) is 2.29. The molecule has 0 N–H and O–H groups in total. The van der Waals surface area contributed by atoms with Crippen LogP contribution in [0.3, 0.4) is 0 Å². The van der Waals surface area contributed by atoms with Gasteiger partial charge in [0.25, 0.3) is 0 Å². The number of fused-ring (bicyclic) bond motifs is 1. The van der Waals surface area contributed by atoms with Crippen LogP contribution in [-0.4, -0.2) is 22.7 Å². The highest BCUT2D eigenvalue weighted by molar-refractivity contribution is 14.1. The SMILES string of the molecule is CC(C)C1Cc2c(I)ccnc2N1C(=O)OC(C)(C)C. The smallest absolute Gasteiger partial charge is 0.416 e. The Hall–Kier alpha value is -0.850. The van der Waals surface area contributed by atoms with E-state index in [1.54, 1.807) is 11.1 Å². The quantitative estimate of drug-likeness (QED) is 0.683. The molecule has 0 aromatic carbocycles. The fraction of sp³-hybridized carbons (Fsp3) is 0.600. The predicted octanol–water partition coefficient (Wildman–Crippen LogP) is 4.01. The molecule has 1 aromatic heterocycles. The van der Waals surface area contributed by atoms with Crippen molar-refractivity contribution in [2.75, 3.05) is 4.90 Å². The minimum Gasteiger partial charge on any atom is -0.443 e. The minimum absolute atomic E-state index is 0.114. The lowest BCUT2D eigenvalue weighted by Crippen LogP contribution is -2.44. The number of amides is 1. The maximum atomic E-state index is 12.5. The highest BCUT2D eigenvalue weighted by atomic mass is 127. The molecule has 0 radical (unpaired) electrons. The highest BCUT2D eigenvalue weighted by Gasteiger charge is 2.39. The van der Waals surface area contributed by atoms with E-state index < -0.39 is 5.60 Å². The Bertz CT molecular complexity index is 523. The Morgan fingerprint density at radius 2 is 2.15 bits per heavy atom. The van der Waals surface area contributed by atoms with Crippen molar-refractivity contribution in [3.8, 4) is 0 Å². The summed E-state index contributed by atoms with van der Waals surface area (Å²) in [5.41, 5.74) is 0.654. The van der Waals surface area contributed by atoms with Gasteiger partial charge >= 0.3 is 6.09 Å². The monoisotopic (exact) mass is 388 g/mol. The lowest BCUT2D eigenvalue weighted by Gasteiger charge is -2.30. The van der Waals surface area contributed by atoms with Gasteiger partial charge in [-0.2, -0.15) is 0 Å². The molecule has 0 aliphatic carbocycles. The standard InChI is InChI=1S/C15H21IN2O2/c1-9(2)12-8-10-11(16)6-7-17-13(10)18(12)14(19)20-15(3,4)5/h6-7,9,12H,8H2,1-5H3. The summed E-state index contributed by atoms with van der Waals surface area (Å²) in [5, 5.41) is 0. The van der Waals surface area contributed by atoms with E-state index in [0.717, 1.165) is 21.4 Å². The summed E-state index contributed by atoms with van der Waals surface area (Å²) in [5.74, 6) is 1.11. The van der Waals surface area contributed by atoms with Crippen molar-refractivity contribution in [1.29, 1.82) is 0 Å². The van der Waals surface area contributed by atoms with Crippen LogP contribution in [0.15, 0.2) is 12.3 Å². The van der Waals surface area contributed by atoms with E-state index in [1.165, 1.54) is 0 Å². The molecule has 1 amide bonds. The maximum absolute atomic E-state index is 12.5. The normalized spacial score (nSPS) is 18.4. The van der Waals surface area contributed by atoms with Crippen molar-refractivity contribution in [1.82, 2.24) is 4.98 Å². The number of ether oxygens (including phenoxy) is 1. The second kappa shape index (κ2) is 5.50. The molecule has 20 heavy (non-hydrogen) atoms. The molecule has 0 saturated carbocycles. The fourth-order valence-corrected chi connectivity index (χ4v) is 3.00. The Labute approximate surface area is 134 Å². The third-order valence-electron chi connectivity index (χ3n) is 3.31. The third kappa shape index (κ3) is 3.07. The van der Waals surface area contributed by atoms with Crippen LogP contribution in [-0.2, 0) is 11.2 Å². The van der Waals surface area contributed by atoms with Crippen LogP contribution in [0.1, 0.15) is 40.2 Å². The first-order valence-corrected chi connectivity index (χ1v) is 7.94. The van der Waals surface area contributed by atoms with Gasteiger partial charge in [0.15, 0.2) is 0 Å². The Morgan fingerprint density at radius 3 is 2.70 bits per heavy atom. The van der Waals surface area contributed by atoms with Gasteiger partial charge in [-0.3, -0.25) is 4.90 Å². The molecule has 110 valence electrons. The number of hydrogen-bond donors (Lipinski definition) is 0. The first-order valence-electron chi connectivity index (χ1n) is 6.86. The highest BCUT2D eigenvalue weighted by Crippen LogP contribution is 2.36. The van der Waals surface area contributed by atoms with Gasteiger partial charge in [0, 0.05) is 21.4 Å². The summed E-state index contributed by atoms with van der Waals surface area (Å²) in [7, 11) is 0. The molecule has 4 nitrogen and oxygen atoms in total. The Balaban J connectivity index is 2.38. The number of rotatable bonds is 1. The number of nitrogens with zero attached hydrogens (tertiary/aromatic N) is 2. The van der Waals surface area contributed by atoms with Crippen LogP contribution >= 0.6 is 22.6 Å². The Morgan fingerprint density at radius 1 is 1.50 bits per heavy atom. The van der Waals surface area contributed by atoms with Crippen molar-refractivity contribution in [3.05, 3.63) is 21.4 Å². The van der Waals surface area contributed by atoms with Crippen molar-refractivity contribution in [2.45, 2.75) is 52.7 Å². The van der Waals surface area contributed by atoms with E-state index in [2.05, 4.69) is 41.4 Å². The number of halogens is 1. The van der Waals surface area contributed by atoms with E-state index in [0.29, 0.717) is 5.92 Å². The summed E-state index contributed by atoms with van der Waals surface area (Å²) < 4.78 is 6.70. The average Bonchev–Trinajstić information content (AvgIpc) is 2.67. The summed E-state index contributed by atoms with van der Waals surface area (Å²) in [6.45, 7) is 9.90. The van der Waals surface area contributed by atoms with Crippen LogP contribution in [0, 0.1) is 9.49 Å². The number of pyridine rings is 1. The molecule has 1 unspecified atom stereocenters. The summed E-state index contributed by atoms with van der Waals surface area (Å²) >= 11 is 2.30. The molecule has 1 aliphatic heterocycles. The number of hydrogen-bond acceptors (Lipinski definition) is 3. The van der Waals surface area contributed by atoms with Crippen molar-refractivity contribution < 1.29 is 9.53 Å². The lowest BCUT2D eigenvalue weighted by molar-refractivity contribution is 0.0560. The zero-order valence-electron chi connectivity index (χ0n) is 12.6. The fourth-order valence-electron chi connectivity index (χ4n) is 2.38. The van der Waals surface area contributed by atoms with Crippen LogP contribution in [0.2, 0.25) is 0 Å². The first-order chi connectivity index (χ1) is 9.20. The minimum atomic E-state index is -0.497. The zero-order chi connectivity index (χ0) is 15.1. The van der Waals surface area contributed by atoms with Gasteiger partial charge in [0.2, 0.25) is 0 Å². The molecule has 1 aliphatic rings. The second-order valence-corrected chi connectivity index (χ2v) is 7.62. The van der Waals surface area contributed by atoms with Gasteiger partial charge in [-0.25, -0.2) is 9.78 Å². The van der Waals surface area contributed by atoms with Crippen LogP contribution in [0.4, 0.5) is 10.6 Å². The molecule has 1 atom stereocenters. The largest absolute Gasteiger partial charge is 0.443 e. The number of carbonyl (C=O) groups is 1. The molecule has 0 spiro atoms. The average molecular weight is 388 g/mol. The molecule has 0 saturated heterocycles. The van der Waals surface area contributed by atoms with Crippen molar-refractivity contribution >= 4 is 34.5 Å². The number of anilines is 1. The van der Waals surface area contributed by atoms with Gasteiger partial charge in [0.05, 0.1) is 0 Å². The molecule has 0 bridgehead atoms. The van der Waals surface area contributed by atoms with Crippen LogP contribution < -0.4 is 4.90 Å². The van der Waals surface area contributed by atoms with E-state index in [4.69, 9.17) is 4.74 Å². The maximum Gasteiger partial charge on any atom is 0.416 e. The predicted molar refractivity (Wildman–Crippen MR) is 88.0 cm³/mol. The van der Waals surface area contributed by atoms with Gasteiger partial charge in [-0.05, 0) is 61.8 Å². The van der Waals surface area contributed by atoms with Gasteiger partial charge in [-0.15, -0.1) is 0 Å². The summed E-state index contributed by atoms with van der Waals surface area (Å²) in [6, 6.07) is 2.10. The lowest BCUT2D eigenvalue weighted by atomic mass is 10.0. The Kier molecular flexibility index (Phi) is 4.27. The second-order valence-electron chi connectivity index (χ2n) is 6.46. The third-order valence-corrected chi connectivity index (χ3v) is 4.32. The number of aromatic nitrogens is 1. The van der Waals surface area contributed by atoms with Crippen molar-refractivity contribution in [3.63, 3.8) is 0 Å².